The highest BCUT2D eigenvalue weighted by Gasteiger charge is 2.09. The Morgan fingerprint density at radius 1 is 0.952 bits per heavy atom. The van der Waals surface area contributed by atoms with Crippen LogP contribution in [0.2, 0.25) is 5.02 Å². The maximum Gasteiger partial charge on any atom is 0.123 e. The van der Waals surface area contributed by atoms with Crippen molar-refractivity contribution < 1.29 is 4.74 Å². The van der Waals surface area contributed by atoms with Crippen LogP contribution in [-0.4, -0.2) is 0 Å². The van der Waals surface area contributed by atoms with Gasteiger partial charge in [-0.2, -0.15) is 0 Å². The topological polar surface area (TPSA) is 9.23 Å². The van der Waals surface area contributed by atoms with E-state index < -0.39 is 0 Å². The number of ether oxygens (including phenoxy) is 1. The monoisotopic (exact) mass is 302 g/mol. The van der Waals surface area contributed by atoms with E-state index in [-0.39, 0.29) is 0 Å². The predicted octanol–water partition coefficient (Wildman–Crippen LogP) is 5.66. The van der Waals surface area contributed by atoms with Crippen LogP contribution in [0.5, 0.6) is 5.75 Å². The molecule has 0 fully saturated rings. The maximum absolute atomic E-state index is 6.31. The lowest BCUT2D eigenvalue weighted by Gasteiger charge is -2.15. The van der Waals surface area contributed by atoms with Gasteiger partial charge < -0.3 is 4.74 Å². The average Bonchev–Trinajstić information content (AvgIpc) is 2.48. The third-order valence-electron chi connectivity index (χ3n) is 3.98. The molecule has 0 saturated carbocycles. The molecule has 21 heavy (non-hydrogen) atoms. The second-order valence-electron chi connectivity index (χ2n) is 5.42. The molecule has 0 bridgehead atoms. The standard InChI is InChI=1S/C19H23ClO/c1-5-15-8-7-9-18(20)17(15)12-21-19-11-13(3)16(6-2)10-14(19)4/h7-11H,5-6,12H2,1-4H3. The molecule has 2 aromatic rings. The molecule has 0 N–H and O–H groups in total. The first kappa shape index (κ1) is 15.9. The molecule has 0 radical (unpaired) electrons. The van der Waals surface area contributed by atoms with Crippen molar-refractivity contribution in [2.45, 2.75) is 47.1 Å². The molecule has 0 aliphatic carbocycles. The summed E-state index contributed by atoms with van der Waals surface area (Å²) in [6.07, 6.45) is 2.02. The Hall–Kier alpha value is -1.47. The Balaban J connectivity index is 2.23. The van der Waals surface area contributed by atoms with Crippen LogP contribution < -0.4 is 4.74 Å². The zero-order valence-corrected chi connectivity index (χ0v) is 14.1. The van der Waals surface area contributed by atoms with Crippen molar-refractivity contribution in [3.63, 3.8) is 0 Å². The van der Waals surface area contributed by atoms with Crippen molar-refractivity contribution in [3.05, 3.63) is 63.2 Å². The Morgan fingerprint density at radius 2 is 1.67 bits per heavy atom. The van der Waals surface area contributed by atoms with E-state index in [1.165, 1.54) is 22.3 Å². The SMILES string of the molecule is CCc1cc(C)c(OCc2c(Cl)cccc2CC)cc1C. The van der Waals surface area contributed by atoms with Crippen LogP contribution in [0.1, 0.15) is 41.7 Å². The largest absolute Gasteiger partial charge is 0.489 e. The van der Waals surface area contributed by atoms with Crippen molar-refractivity contribution in [3.8, 4) is 5.75 Å². The van der Waals surface area contributed by atoms with Crippen molar-refractivity contribution in [2.24, 2.45) is 0 Å². The van der Waals surface area contributed by atoms with Crippen LogP contribution in [0.4, 0.5) is 0 Å². The molecule has 0 atom stereocenters. The van der Waals surface area contributed by atoms with Crippen molar-refractivity contribution in [1.82, 2.24) is 0 Å². The molecule has 1 nitrogen and oxygen atoms in total. The summed E-state index contributed by atoms with van der Waals surface area (Å²) < 4.78 is 6.04. The third kappa shape index (κ3) is 3.59. The molecular formula is C19H23ClO. The minimum Gasteiger partial charge on any atom is -0.489 e. The molecule has 2 rings (SSSR count). The van der Waals surface area contributed by atoms with Gasteiger partial charge >= 0.3 is 0 Å². The van der Waals surface area contributed by atoms with E-state index in [2.05, 4.69) is 45.9 Å². The van der Waals surface area contributed by atoms with E-state index in [1.807, 2.05) is 12.1 Å². The lowest BCUT2D eigenvalue weighted by atomic mass is 10.0. The first-order valence-corrected chi connectivity index (χ1v) is 7.93. The van der Waals surface area contributed by atoms with Crippen molar-refractivity contribution in [1.29, 1.82) is 0 Å². The number of benzene rings is 2. The van der Waals surface area contributed by atoms with E-state index in [4.69, 9.17) is 16.3 Å². The number of aryl methyl sites for hydroxylation is 4. The van der Waals surface area contributed by atoms with Crippen LogP contribution in [0.15, 0.2) is 30.3 Å². The summed E-state index contributed by atoms with van der Waals surface area (Å²) in [6, 6.07) is 10.4. The Labute approximate surface area is 132 Å². The fraction of sp³-hybridized carbons (Fsp3) is 0.368. The molecule has 0 heterocycles. The van der Waals surface area contributed by atoms with Crippen LogP contribution in [0, 0.1) is 13.8 Å². The molecule has 0 saturated heterocycles. The smallest absolute Gasteiger partial charge is 0.123 e. The first-order valence-electron chi connectivity index (χ1n) is 7.56. The van der Waals surface area contributed by atoms with Gasteiger partial charge in [0, 0.05) is 10.6 Å². The molecule has 0 aliphatic rings. The van der Waals surface area contributed by atoms with E-state index in [1.54, 1.807) is 0 Å². The first-order chi connectivity index (χ1) is 10.1. The van der Waals surface area contributed by atoms with Gasteiger partial charge in [-0.05, 0) is 61.1 Å². The number of rotatable bonds is 5. The predicted molar refractivity (Wildman–Crippen MR) is 90.5 cm³/mol. The Kier molecular flexibility index (Phi) is 5.30. The lowest BCUT2D eigenvalue weighted by molar-refractivity contribution is 0.302. The van der Waals surface area contributed by atoms with E-state index in [9.17, 15) is 0 Å². The molecule has 0 aliphatic heterocycles. The average molecular weight is 303 g/mol. The van der Waals surface area contributed by atoms with Gasteiger partial charge in [0.05, 0.1) is 0 Å². The Bertz CT molecular complexity index is 632. The summed E-state index contributed by atoms with van der Waals surface area (Å²) >= 11 is 6.31. The highest BCUT2D eigenvalue weighted by molar-refractivity contribution is 6.31. The van der Waals surface area contributed by atoms with Crippen LogP contribution >= 0.6 is 11.6 Å². The summed E-state index contributed by atoms with van der Waals surface area (Å²) in [7, 11) is 0. The summed E-state index contributed by atoms with van der Waals surface area (Å²) in [5.74, 6) is 0.951. The molecule has 0 spiro atoms. The quantitative estimate of drug-likeness (QED) is 0.692. The van der Waals surface area contributed by atoms with Gasteiger partial charge in [-0.25, -0.2) is 0 Å². The summed E-state index contributed by atoms with van der Waals surface area (Å²) in [6.45, 7) is 9.08. The highest BCUT2D eigenvalue weighted by atomic mass is 35.5. The van der Waals surface area contributed by atoms with Gasteiger partial charge in [0.1, 0.15) is 12.4 Å². The molecular weight excluding hydrogens is 280 g/mol. The molecule has 2 aromatic carbocycles. The Morgan fingerprint density at radius 3 is 2.33 bits per heavy atom. The van der Waals surface area contributed by atoms with Crippen LogP contribution in [-0.2, 0) is 19.4 Å². The van der Waals surface area contributed by atoms with Gasteiger partial charge in [-0.3, -0.25) is 0 Å². The normalized spacial score (nSPS) is 10.7. The molecule has 0 amide bonds. The fourth-order valence-corrected chi connectivity index (χ4v) is 2.88. The second kappa shape index (κ2) is 7.00. The minimum atomic E-state index is 0.522. The zero-order chi connectivity index (χ0) is 15.4. The molecule has 112 valence electrons. The third-order valence-corrected chi connectivity index (χ3v) is 4.34. The number of hydrogen-bond acceptors (Lipinski definition) is 1. The van der Waals surface area contributed by atoms with E-state index in [0.29, 0.717) is 6.61 Å². The van der Waals surface area contributed by atoms with Gasteiger partial charge in [0.2, 0.25) is 0 Å². The molecule has 2 heteroatoms. The van der Waals surface area contributed by atoms with Gasteiger partial charge in [-0.15, -0.1) is 0 Å². The van der Waals surface area contributed by atoms with Crippen LogP contribution in [0.3, 0.4) is 0 Å². The number of hydrogen-bond donors (Lipinski definition) is 0. The minimum absolute atomic E-state index is 0.522. The second-order valence-corrected chi connectivity index (χ2v) is 5.82. The molecule has 0 aromatic heterocycles. The molecule has 0 unspecified atom stereocenters. The number of halogens is 1. The summed E-state index contributed by atoms with van der Waals surface area (Å²) in [5, 5.41) is 0.786. The van der Waals surface area contributed by atoms with E-state index in [0.717, 1.165) is 29.2 Å². The van der Waals surface area contributed by atoms with Gasteiger partial charge in [0.25, 0.3) is 0 Å². The van der Waals surface area contributed by atoms with Crippen molar-refractivity contribution >= 4 is 11.6 Å². The maximum atomic E-state index is 6.31. The van der Waals surface area contributed by atoms with Gasteiger partial charge in [0.15, 0.2) is 0 Å². The highest BCUT2D eigenvalue weighted by Crippen LogP contribution is 2.27. The van der Waals surface area contributed by atoms with Gasteiger partial charge in [-0.1, -0.05) is 43.6 Å². The van der Waals surface area contributed by atoms with E-state index >= 15 is 0 Å². The van der Waals surface area contributed by atoms with Crippen LogP contribution in [0.25, 0.3) is 0 Å². The van der Waals surface area contributed by atoms with Crippen molar-refractivity contribution in [2.75, 3.05) is 0 Å². The zero-order valence-electron chi connectivity index (χ0n) is 13.3. The fourth-order valence-electron chi connectivity index (χ4n) is 2.63. The summed E-state index contributed by atoms with van der Waals surface area (Å²) in [5.41, 5.74) is 6.20. The lowest BCUT2D eigenvalue weighted by Crippen LogP contribution is -2.02. The summed E-state index contributed by atoms with van der Waals surface area (Å²) in [4.78, 5) is 0.